The van der Waals surface area contributed by atoms with E-state index in [-0.39, 0.29) is 0 Å². The molecule has 0 amide bonds. The molecule has 1 rings (SSSR count). The van der Waals surface area contributed by atoms with Crippen LogP contribution in [0.15, 0.2) is 69.6 Å². The summed E-state index contributed by atoms with van der Waals surface area (Å²) in [6.45, 7) is 9.00. The van der Waals surface area contributed by atoms with Crippen molar-refractivity contribution in [2.24, 2.45) is 0 Å². The average molecular weight is 407 g/mol. The van der Waals surface area contributed by atoms with Crippen molar-refractivity contribution in [1.82, 2.24) is 0 Å². The first-order valence-electron chi connectivity index (χ1n) is 11.6. The lowest BCUT2D eigenvalue weighted by molar-refractivity contribution is 0.564. The Morgan fingerprint density at radius 1 is 0.800 bits per heavy atom. The summed E-state index contributed by atoms with van der Waals surface area (Å²) in [5, 5.41) is 0. The number of aryl methyl sites for hydroxylation is 1. The Kier molecular flexibility index (Phi) is 14.3. The second-order valence-electron chi connectivity index (χ2n) is 8.55. The maximum atomic E-state index is 5.31. The standard InChI is InChI=1S/C29H42O/c1-6-7-8-13-25(2)14-9-15-26(3)16-10-17-27(4)18-11-19-28(5)20-12-21-29-22-23-30-24-29/h1,14,16,18,20,22-24H,7-13,15,17,19,21H2,2-5H3. The zero-order valence-corrected chi connectivity index (χ0v) is 19.8. The molecule has 0 aliphatic carbocycles. The highest BCUT2D eigenvalue weighted by Crippen LogP contribution is 2.15. The Hall–Kier alpha value is -2.20. The number of hydrogen-bond donors (Lipinski definition) is 0. The van der Waals surface area contributed by atoms with Gasteiger partial charge in [0.1, 0.15) is 0 Å². The van der Waals surface area contributed by atoms with E-state index >= 15 is 0 Å². The summed E-state index contributed by atoms with van der Waals surface area (Å²) in [6, 6.07) is 2.05. The average Bonchev–Trinajstić information content (AvgIpc) is 3.22. The number of hydrogen-bond acceptors (Lipinski definition) is 1. The molecule has 0 N–H and O–H groups in total. The van der Waals surface area contributed by atoms with Gasteiger partial charge < -0.3 is 4.42 Å². The van der Waals surface area contributed by atoms with E-state index in [0.29, 0.717) is 0 Å². The fraction of sp³-hybridized carbons (Fsp3) is 0.517. The van der Waals surface area contributed by atoms with Gasteiger partial charge in [0.05, 0.1) is 12.5 Å². The van der Waals surface area contributed by atoms with E-state index in [1.165, 1.54) is 34.3 Å². The first-order chi connectivity index (χ1) is 14.5. The predicted molar refractivity (Wildman–Crippen MR) is 132 cm³/mol. The molecule has 0 saturated carbocycles. The van der Waals surface area contributed by atoms with Gasteiger partial charge in [-0.15, -0.1) is 12.3 Å². The molecule has 30 heavy (non-hydrogen) atoms. The smallest absolute Gasteiger partial charge is 0.0934 e. The third-order valence-corrected chi connectivity index (χ3v) is 5.49. The molecule has 1 heterocycles. The topological polar surface area (TPSA) is 13.1 Å². The van der Waals surface area contributed by atoms with Gasteiger partial charge in [0, 0.05) is 6.42 Å². The van der Waals surface area contributed by atoms with E-state index in [4.69, 9.17) is 10.8 Å². The van der Waals surface area contributed by atoms with Gasteiger partial charge in [-0.2, -0.15) is 0 Å². The number of allylic oxidation sites excluding steroid dienone is 8. The van der Waals surface area contributed by atoms with Gasteiger partial charge in [0.15, 0.2) is 0 Å². The van der Waals surface area contributed by atoms with Crippen LogP contribution in [0.5, 0.6) is 0 Å². The normalized spacial score (nSPS) is 13.6. The Morgan fingerprint density at radius 2 is 1.30 bits per heavy atom. The molecule has 1 aromatic rings. The van der Waals surface area contributed by atoms with Gasteiger partial charge in [-0.05, 0) is 104 Å². The van der Waals surface area contributed by atoms with Crippen molar-refractivity contribution in [3.05, 3.63) is 70.8 Å². The number of rotatable bonds is 15. The molecule has 0 saturated heterocycles. The zero-order valence-electron chi connectivity index (χ0n) is 19.8. The van der Waals surface area contributed by atoms with Crippen LogP contribution in [0.4, 0.5) is 0 Å². The van der Waals surface area contributed by atoms with Crippen LogP contribution < -0.4 is 0 Å². The molecule has 0 atom stereocenters. The van der Waals surface area contributed by atoms with Crippen LogP contribution in [-0.4, -0.2) is 0 Å². The molecule has 0 bridgehead atoms. The van der Waals surface area contributed by atoms with Crippen molar-refractivity contribution < 1.29 is 4.42 Å². The zero-order chi connectivity index (χ0) is 22.0. The van der Waals surface area contributed by atoms with Gasteiger partial charge in [-0.1, -0.05) is 46.6 Å². The monoisotopic (exact) mass is 406 g/mol. The molecule has 0 aromatic carbocycles. The minimum Gasteiger partial charge on any atom is -0.472 e. The predicted octanol–water partition coefficient (Wildman–Crippen LogP) is 9.14. The lowest BCUT2D eigenvalue weighted by atomic mass is 10.0. The molecular formula is C29H42O. The molecule has 0 fully saturated rings. The van der Waals surface area contributed by atoms with Crippen molar-refractivity contribution in [3.63, 3.8) is 0 Å². The summed E-state index contributed by atoms with van der Waals surface area (Å²) < 4.78 is 5.11. The van der Waals surface area contributed by atoms with Crippen LogP contribution in [0, 0.1) is 12.3 Å². The van der Waals surface area contributed by atoms with Crippen molar-refractivity contribution in [2.75, 3.05) is 0 Å². The van der Waals surface area contributed by atoms with Gasteiger partial charge >= 0.3 is 0 Å². The van der Waals surface area contributed by atoms with Crippen LogP contribution >= 0.6 is 0 Å². The molecule has 1 nitrogen and oxygen atoms in total. The summed E-state index contributed by atoms with van der Waals surface area (Å²) in [7, 11) is 0. The van der Waals surface area contributed by atoms with E-state index in [2.05, 4.69) is 57.9 Å². The lowest BCUT2D eigenvalue weighted by Crippen LogP contribution is -1.84. The minimum atomic E-state index is 0.888. The third-order valence-electron chi connectivity index (χ3n) is 5.49. The van der Waals surface area contributed by atoms with Crippen LogP contribution in [0.1, 0.15) is 97.5 Å². The fourth-order valence-corrected chi connectivity index (χ4v) is 3.44. The Bertz CT molecular complexity index is 732. The molecule has 0 radical (unpaired) electrons. The molecule has 1 aromatic heterocycles. The summed E-state index contributed by atoms with van der Waals surface area (Å²) in [5.74, 6) is 2.71. The summed E-state index contributed by atoms with van der Waals surface area (Å²) >= 11 is 0. The Labute approximate surface area is 186 Å². The highest BCUT2D eigenvalue weighted by molar-refractivity contribution is 5.10. The highest BCUT2D eigenvalue weighted by Gasteiger charge is 1.96. The molecule has 164 valence electrons. The molecule has 1 heteroatoms. The Balaban J connectivity index is 2.17. The maximum Gasteiger partial charge on any atom is 0.0934 e. The first kappa shape index (κ1) is 25.8. The van der Waals surface area contributed by atoms with Crippen molar-refractivity contribution in [1.29, 1.82) is 0 Å². The van der Waals surface area contributed by atoms with Crippen molar-refractivity contribution in [3.8, 4) is 12.3 Å². The summed E-state index contributed by atoms with van der Waals surface area (Å²) in [4.78, 5) is 0. The number of furan rings is 1. The van der Waals surface area contributed by atoms with Gasteiger partial charge in [-0.3, -0.25) is 0 Å². The maximum absolute atomic E-state index is 5.31. The molecule has 0 aliphatic heterocycles. The van der Waals surface area contributed by atoms with Crippen molar-refractivity contribution >= 4 is 0 Å². The molecule has 0 unspecified atom stereocenters. The van der Waals surface area contributed by atoms with E-state index in [1.807, 2.05) is 12.3 Å². The SMILES string of the molecule is C#CCCCC(C)=CCCC(C)=CCCC(C)=CCCC(C)=CCCc1ccoc1. The van der Waals surface area contributed by atoms with Crippen molar-refractivity contribution in [2.45, 2.75) is 98.3 Å². The summed E-state index contributed by atoms with van der Waals surface area (Å²) in [5.41, 5.74) is 7.26. The number of terminal acetylenes is 1. The van der Waals surface area contributed by atoms with Crippen LogP contribution in [0.3, 0.4) is 0 Å². The van der Waals surface area contributed by atoms with Gasteiger partial charge in [-0.25, -0.2) is 0 Å². The van der Waals surface area contributed by atoms with Crippen LogP contribution in [0.2, 0.25) is 0 Å². The fourth-order valence-electron chi connectivity index (χ4n) is 3.44. The minimum absolute atomic E-state index is 0.888. The largest absolute Gasteiger partial charge is 0.472 e. The van der Waals surface area contributed by atoms with Crippen LogP contribution in [0.25, 0.3) is 0 Å². The van der Waals surface area contributed by atoms with E-state index in [0.717, 1.165) is 64.2 Å². The summed E-state index contributed by atoms with van der Waals surface area (Å²) in [6.07, 6.45) is 30.7. The molecular weight excluding hydrogens is 364 g/mol. The Morgan fingerprint density at radius 3 is 1.77 bits per heavy atom. The van der Waals surface area contributed by atoms with Gasteiger partial charge in [0.2, 0.25) is 0 Å². The quantitative estimate of drug-likeness (QED) is 0.161. The number of unbranched alkanes of at least 4 members (excludes halogenated alkanes) is 1. The first-order valence-corrected chi connectivity index (χ1v) is 11.6. The molecule has 0 aliphatic rings. The molecule has 0 spiro atoms. The second-order valence-corrected chi connectivity index (χ2v) is 8.55. The highest BCUT2D eigenvalue weighted by atomic mass is 16.3. The van der Waals surface area contributed by atoms with E-state index in [9.17, 15) is 0 Å². The van der Waals surface area contributed by atoms with Crippen LogP contribution in [-0.2, 0) is 6.42 Å². The van der Waals surface area contributed by atoms with E-state index in [1.54, 1.807) is 6.26 Å². The second kappa shape index (κ2) is 16.6. The lowest BCUT2D eigenvalue weighted by Gasteiger charge is -2.03. The van der Waals surface area contributed by atoms with E-state index < -0.39 is 0 Å². The third kappa shape index (κ3) is 13.9. The van der Waals surface area contributed by atoms with Gasteiger partial charge in [0.25, 0.3) is 0 Å².